The van der Waals surface area contributed by atoms with Gasteiger partial charge in [-0.05, 0) is 35.6 Å². The van der Waals surface area contributed by atoms with Crippen LogP contribution in [0.25, 0.3) is 0 Å². The molecule has 0 bridgehead atoms. The van der Waals surface area contributed by atoms with Crippen molar-refractivity contribution in [1.29, 1.82) is 0 Å². The summed E-state index contributed by atoms with van der Waals surface area (Å²) < 4.78 is 0. The van der Waals surface area contributed by atoms with Gasteiger partial charge in [0.05, 0.1) is 0 Å². The maximum Gasteiger partial charge on any atom is -0.000976 e. The van der Waals surface area contributed by atoms with Crippen molar-refractivity contribution in [1.82, 2.24) is 0 Å². The monoisotopic (exact) mass is 181 g/mol. The Labute approximate surface area is 82.4 Å². The molecule has 0 atom stereocenters. The summed E-state index contributed by atoms with van der Waals surface area (Å²) in [6, 6.07) is 0. The lowest BCUT2D eigenvalue weighted by molar-refractivity contribution is 0.351. The van der Waals surface area contributed by atoms with E-state index >= 15 is 0 Å². The number of nitrogens with two attached hydrogens (primary N) is 1. The Morgan fingerprint density at radius 2 is 1.62 bits per heavy atom. The van der Waals surface area contributed by atoms with E-state index < -0.39 is 0 Å². The SMILES string of the molecule is C=CCCC1(CN)C(C)(C)C1(C)C. The number of hydrogen-bond acceptors (Lipinski definition) is 1. The zero-order valence-electron chi connectivity index (χ0n) is 9.48. The molecule has 0 unspecified atom stereocenters. The van der Waals surface area contributed by atoms with Crippen LogP contribution < -0.4 is 5.73 Å². The van der Waals surface area contributed by atoms with Crippen LogP contribution in [0.15, 0.2) is 12.7 Å². The summed E-state index contributed by atoms with van der Waals surface area (Å²) in [5.74, 6) is 0. The fourth-order valence-electron chi connectivity index (χ4n) is 3.13. The van der Waals surface area contributed by atoms with Crippen molar-refractivity contribution in [2.75, 3.05) is 6.54 Å². The molecule has 0 aliphatic heterocycles. The molecule has 0 radical (unpaired) electrons. The molecule has 1 nitrogen and oxygen atoms in total. The Hall–Kier alpha value is -0.300. The van der Waals surface area contributed by atoms with E-state index in [1.165, 1.54) is 6.42 Å². The molecule has 0 heterocycles. The Morgan fingerprint density at radius 3 is 1.85 bits per heavy atom. The van der Waals surface area contributed by atoms with Gasteiger partial charge >= 0.3 is 0 Å². The summed E-state index contributed by atoms with van der Waals surface area (Å²) in [7, 11) is 0. The lowest BCUT2D eigenvalue weighted by atomic mass is 9.89. The number of hydrogen-bond donors (Lipinski definition) is 1. The summed E-state index contributed by atoms with van der Waals surface area (Å²) in [5, 5.41) is 0. The van der Waals surface area contributed by atoms with Gasteiger partial charge in [0.2, 0.25) is 0 Å². The van der Waals surface area contributed by atoms with E-state index in [9.17, 15) is 0 Å². The topological polar surface area (TPSA) is 26.0 Å². The van der Waals surface area contributed by atoms with Gasteiger partial charge in [-0.25, -0.2) is 0 Å². The number of allylic oxidation sites excluding steroid dienone is 1. The zero-order chi connectivity index (χ0) is 10.3. The standard InChI is InChI=1S/C12H23N/c1-6-7-8-12(9-13)10(2,3)11(12,4)5/h6H,1,7-9,13H2,2-5H3. The number of rotatable bonds is 4. The first-order chi connectivity index (χ1) is 5.87. The van der Waals surface area contributed by atoms with Crippen molar-refractivity contribution >= 4 is 0 Å². The summed E-state index contributed by atoms with van der Waals surface area (Å²) in [5.41, 5.74) is 7.04. The first-order valence-corrected chi connectivity index (χ1v) is 5.18. The summed E-state index contributed by atoms with van der Waals surface area (Å²) in [6.45, 7) is 13.9. The molecule has 13 heavy (non-hydrogen) atoms. The third-order valence-electron chi connectivity index (χ3n) is 5.02. The Bertz CT molecular complexity index is 199. The van der Waals surface area contributed by atoms with Gasteiger partial charge in [0.1, 0.15) is 0 Å². The molecule has 76 valence electrons. The van der Waals surface area contributed by atoms with E-state index in [2.05, 4.69) is 34.3 Å². The highest BCUT2D eigenvalue weighted by Crippen LogP contribution is 2.79. The van der Waals surface area contributed by atoms with Gasteiger partial charge in [0.15, 0.2) is 0 Å². The highest BCUT2D eigenvalue weighted by Gasteiger charge is 2.74. The van der Waals surface area contributed by atoms with Crippen LogP contribution in [0.3, 0.4) is 0 Å². The molecule has 1 fully saturated rings. The average molecular weight is 181 g/mol. The van der Waals surface area contributed by atoms with Crippen LogP contribution in [-0.2, 0) is 0 Å². The molecular formula is C12H23N. The first kappa shape index (κ1) is 10.8. The molecule has 1 aliphatic carbocycles. The van der Waals surface area contributed by atoms with Gasteiger partial charge in [-0.2, -0.15) is 0 Å². The van der Waals surface area contributed by atoms with Crippen LogP contribution in [-0.4, -0.2) is 6.54 Å². The minimum atomic E-state index is 0.341. The summed E-state index contributed by atoms with van der Waals surface area (Å²) in [4.78, 5) is 0. The van der Waals surface area contributed by atoms with Crippen LogP contribution in [0.2, 0.25) is 0 Å². The molecule has 0 aromatic heterocycles. The van der Waals surface area contributed by atoms with E-state index in [-0.39, 0.29) is 0 Å². The zero-order valence-corrected chi connectivity index (χ0v) is 9.48. The van der Waals surface area contributed by atoms with Gasteiger partial charge in [-0.1, -0.05) is 33.8 Å². The van der Waals surface area contributed by atoms with Crippen molar-refractivity contribution in [2.45, 2.75) is 40.5 Å². The third kappa shape index (κ3) is 1.03. The van der Waals surface area contributed by atoms with Crippen LogP contribution in [0, 0.1) is 16.2 Å². The molecule has 0 saturated heterocycles. The largest absolute Gasteiger partial charge is 0.330 e. The van der Waals surface area contributed by atoms with E-state index in [4.69, 9.17) is 5.73 Å². The molecule has 0 aromatic rings. The van der Waals surface area contributed by atoms with Crippen LogP contribution >= 0.6 is 0 Å². The normalized spacial score (nSPS) is 26.8. The van der Waals surface area contributed by atoms with Crippen molar-refractivity contribution in [3.63, 3.8) is 0 Å². The lowest BCUT2D eigenvalue weighted by Gasteiger charge is -2.18. The minimum Gasteiger partial charge on any atom is -0.330 e. The first-order valence-electron chi connectivity index (χ1n) is 5.18. The van der Waals surface area contributed by atoms with E-state index in [0.29, 0.717) is 16.2 Å². The molecular weight excluding hydrogens is 158 g/mol. The summed E-state index contributed by atoms with van der Waals surface area (Å²) in [6.07, 6.45) is 4.28. The second-order valence-corrected chi connectivity index (χ2v) is 5.36. The predicted molar refractivity (Wildman–Crippen MR) is 58.5 cm³/mol. The molecule has 2 N–H and O–H groups in total. The van der Waals surface area contributed by atoms with E-state index in [1.54, 1.807) is 0 Å². The van der Waals surface area contributed by atoms with Gasteiger partial charge in [0.25, 0.3) is 0 Å². The van der Waals surface area contributed by atoms with Gasteiger partial charge in [-0.15, -0.1) is 6.58 Å². The highest BCUT2D eigenvalue weighted by atomic mass is 14.8. The van der Waals surface area contributed by atoms with Gasteiger partial charge in [0, 0.05) is 0 Å². The minimum absolute atomic E-state index is 0.341. The van der Waals surface area contributed by atoms with Gasteiger partial charge in [-0.3, -0.25) is 0 Å². The quantitative estimate of drug-likeness (QED) is 0.663. The van der Waals surface area contributed by atoms with Crippen LogP contribution in [0.5, 0.6) is 0 Å². The second-order valence-electron chi connectivity index (χ2n) is 5.36. The molecule has 1 aliphatic rings. The maximum absolute atomic E-state index is 5.93. The molecule has 0 aromatic carbocycles. The Balaban J connectivity index is 2.81. The molecule has 1 rings (SSSR count). The smallest absolute Gasteiger partial charge is 0.000976 e. The Morgan fingerprint density at radius 1 is 1.15 bits per heavy atom. The average Bonchev–Trinajstić information content (AvgIpc) is 2.38. The van der Waals surface area contributed by atoms with E-state index in [0.717, 1.165) is 13.0 Å². The second kappa shape index (κ2) is 2.84. The fraction of sp³-hybridized carbons (Fsp3) is 0.833. The highest BCUT2D eigenvalue weighted by molar-refractivity contribution is 5.23. The van der Waals surface area contributed by atoms with Gasteiger partial charge < -0.3 is 5.73 Å². The summed E-state index contributed by atoms with van der Waals surface area (Å²) >= 11 is 0. The Kier molecular flexibility index (Phi) is 2.36. The molecule has 1 saturated carbocycles. The molecule has 0 amide bonds. The van der Waals surface area contributed by atoms with Crippen molar-refractivity contribution in [3.05, 3.63) is 12.7 Å². The fourth-order valence-corrected chi connectivity index (χ4v) is 3.13. The molecule has 1 heteroatoms. The maximum atomic E-state index is 5.93. The third-order valence-corrected chi connectivity index (χ3v) is 5.02. The molecule has 0 spiro atoms. The van der Waals surface area contributed by atoms with Crippen molar-refractivity contribution < 1.29 is 0 Å². The van der Waals surface area contributed by atoms with Crippen molar-refractivity contribution in [2.24, 2.45) is 22.0 Å². The van der Waals surface area contributed by atoms with Crippen molar-refractivity contribution in [3.8, 4) is 0 Å². The van der Waals surface area contributed by atoms with Crippen LogP contribution in [0.4, 0.5) is 0 Å². The van der Waals surface area contributed by atoms with E-state index in [1.807, 2.05) is 6.08 Å². The predicted octanol–water partition coefficient (Wildman–Crippen LogP) is 2.96. The van der Waals surface area contributed by atoms with Crippen LogP contribution in [0.1, 0.15) is 40.5 Å². The lowest BCUT2D eigenvalue weighted by Crippen LogP contribution is -2.22.